The van der Waals surface area contributed by atoms with Gasteiger partial charge in [-0.2, -0.15) is 11.8 Å². The molecule has 1 aliphatic rings. The Morgan fingerprint density at radius 3 is 3.00 bits per heavy atom. The summed E-state index contributed by atoms with van der Waals surface area (Å²) in [5, 5.41) is 12.5. The van der Waals surface area contributed by atoms with E-state index < -0.39 is 5.97 Å². The van der Waals surface area contributed by atoms with Crippen LogP contribution in [0.3, 0.4) is 0 Å². The lowest BCUT2D eigenvalue weighted by Gasteiger charge is -2.24. The highest BCUT2D eigenvalue weighted by molar-refractivity contribution is 7.99. The van der Waals surface area contributed by atoms with Crippen molar-refractivity contribution >= 4 is 23.4 Å². The van der Waals surface area contributed by atoms with Crippen LogP contribution >= 0.6 is 11.8 Å². The zero-order chi connectivity index (χ0) is 12.3. The second-order valence-corrected chi connectivity index (χ2v) is 5.56. The van der Waals surface area contributed by atoms with Gasteiger partial charge in [0.15, 0.2) is 0 Å². The van der Waals surface area contributed by atoms with Crippen LogP contribution in [0.1, 0.15) is 28.8 Å². The van der Waals surface area contributed by atoms with Gasteiger partial charge in [0, 0.05) is 17.5 Å². The second kappa shape index (κ2) is 5.45. The minimum atomic E-state index is -0.861. The first-order valence-electron chi connectivity index (χ1n) is 5.85. The molecular weight excluding hydrogens is 234 g/mol. The number of rotatable bonds is 3. The molecule has 1 atom stereocenters. The molecule has 1 aromatic carbocycles. The van der Waals surface area contributed by atoms with E-state index in [0.717, 1.165) is 23.4 Å². The van der Waals surface area contributed by atoms with Crippen LogP contribution in [0.25, 0.3) is 0 Å². The first-order chi connectivity index (χ1) is 8.16. The van der Waals surface area contributed by atoms with Crippen molar-refractivity contribution in [3.63, 3.8) is 0 Å². The van der Waals surface area contributed by atoms with Crippen LogP contribution in [0.2, 0.25) is 0 Å². The van der Waals surface area contributed by atoms with E-state index in [2.05, 4.69) is 5.32 Å². The van der Waals surface area contributed by atoms with Crippen LogP contribution in [0.4, 0.5) is 5.69 Å². The number of hydrogen-bond acceptors (Lipinski definition) is 3. The van der Waals surface area contributed by atoms with Gasteiger partial charge in [-0.05, 0) is 37.7 Å². The predicted octanol–water partition coefficient (Wildman–Crippen LogP) is 3.00. The highest BCUT2D eigenvalue weighted by atomic mass is 32.2. The summed E-state index contributed by atoms with van der Waals surface area (Å²) in [7, 11) is 0. The third kappa shape index (κ3) is 3.16. The monoisotopic (exact) mass is 251 g/mol. The maximum atomic E-state index is 11.2. The second-order valence-electron chi connectivity index (χ2n) is 4.41. The lowest BCUT2D eigenvalue weighted by Crippen LogP contribution is -2.26. The van der Waals surface area contributed by atoms with Crippen LogP contribution < -0.4 is 5.32 Å². The van der Waals surface area contributed by atoms with Crippen LogP contribution in [0, 0.1) is 6.92 Å². The van der Waals surface area contributed by atoms with Crippen molar-refractivity contribution in [1.82, 2.24) is 0 Å². The van der Waals surface area contributed by atoms with Gasteiger partial charge >= 0.3 is 5.97 Å². The summed E-state index contributed by atoms with van der Waals surface area (Å²) < 4.78 is 0. The zero-order valence-electron chi connectivity index (χ0n) is 9.90. The van der Waals surface area contributed by atoms with Gasteiger partial charge in [0.25, 0.3) is 0 Å². The minimum Gasteiger partial charge on any atom is -0.478 e. The quantitative estimate of drug-likeness (QED) is 0.867. The SMILES string of the molecule is Cc1ccc(NC2CCCSC2)c(C(=O)O)c1. The fraction of sp³-hybridized carbons (Fsp3) is 0.462. The summed E-state index contributed by atoms with van der Waals surface area (Å²) in [6.07, 6.45) is 2.33. The number of carboxylic acid groups (broad SMARTS) is 1. The summed E-state index contributed by atoms with van der Waals surface area (Å²) >= 11 is 1.93. The molecule has 1 fully saturated rings. The molecule has 0 bridgehead atoms. The number of carboxylic acids is 1. The number of aromatic carboxylic acids is 1. The Morgan fingerprint density at radius 1 is 1.53 bits per heavy atom. The van der Waals surface area contributed by atoms with Crippen molar-refractivity contribution in [2.45, 2.75) is 25.8 Å². The molecule has 3 nitrogen and oxygen atoms in total. The first kappa shape index (κ1) is 12.3. The van der Waals surface area contributed by atoms with Crippen molar-refractivity contribution < 1.29 is 9.90 Å². The molecule has 0 saturated carbocycles. The number of anilines is 1. The lowest BCUT2D eigenvalue weighted by molar-refractivity contribution is 0.0698. The van der Waals surface area contributed by atoms with Crippen LogP contribution in [0.5, 0.6) is 0 Å². The molecule has 1 heterocycles. The third-order valence-corrected chi connectivity index (χ3v) is 4.14. The lowest BCUT2D eigenvalue weighted by atomic mass is 10.1. The van der Waals surface area contributed by atoms with Gasteiger partial charge in [-0.25, -0.2) is 4.79 Å². The van der Waals surface area contributed by atoms with Crippen LogP contribution in [-0.4, -0.2) is 28.6 Å². The van der Waals surface area contributed by atoms with E-state index in [1.807, 2.05) is 30.8 Å². The summed E-state index contributed by atoms with van der Waals surface area (Å²) in [5.74, 6) is 1.42. The summed E-state index contributed by atoms with van der Waals surface area (Å²) in [6, 6.07) is 5.94. The third-order valence-electron chi connectivity index (χ3n) is 2.93. The molecule has 2 N–H and O–H groups in total. The molecule has 0 spiro atoms. The van der Waals surface area contributed by atoms with E-state index >= 15 is 0 Å². The van der Waals surface area contributed by atoms with Gasteiger partial charge < -0.3 is 10.4 Å². The van der Waals surface area contributed by atoms with Gasteiger partial charge in [0.1, 0.15) is 0 Å². The van der Waals surface area contributed by atoms with Gasteiger partial charge in [-0.3, -0.25) is 0 Å². The maximum absolute atomic E-state index is 11.2. The zero-order valence-corrected chi connectivity index (χ0v) is 10.7. The maximum Gasteiger partial charge on any atom is 0.337 e. The predicted molar refractivity (Wildman–Crippen MR) is 72.1 cm³/mol. The average molecular weight is 251 g/mol. The number of carbonyl (C=O) groups is 1. The summed E-state index contributed by atoms with van der Waals surface area (Å²) in [4.78, 5) is 11.2. The molecular formula is C13H17NO2S. The Bertz CT molecular complexity index is 414. The topological polar surface area (TPSA) is 49.3 Å². The van der Waals surface area contributed by atoms with Crippen molar-refractivity contribution in [2.24, 2.45) is 0 Å². The molecule has 0 aliphatic carbocycles. The number of aryl methyl sites for hydroxylation is 1. The van der Waals surface area contributed by atoms with Crippen molar-refractivity contribution in [3.8, 4) is 0 Å². The summed E-state index contributed by atoms with van der Waals surface area (Å²) in [6.45, 7) is 1.91. The average Bonchev–Trinajstić information content (AvgIpc) is 2.32. The summed E-state index contributed by atoms with van der Waals surface area (Å²) in [5.41, 5.74) is 2.10. The Kier molecular flexibility index (Phi) is 3.94. The standard InChI is InChI=1S/C13H17NO2S/c1-9-4-5-12(11(7-9)13(15)16)14-10-3-2-6-17-8-10/h4-5,7,10,14H,2-3,6,8H2,1H3,(H,15,16). The smallest absolute Gasteiger partial charge is 0.337 e. The molecule has 0 radical (unpaired) electrons. The Morgan fingerprint density at radius 2 is 2.35 bits per heavy atom. The molecule has 0 amide bonds. The number of nitrogens with one attached hydrogen (secondary N) is 1. The van der Waals surface area contributed by atoms with E-state index in [-0.39, 0.29) is 0 Å². The molecule has 92 valence electrons. The number of thioether (sulfide) groups is 1. The molecule has 1 aromatic rings. The molecule has 1 aliphatic heterocycles. The fourth-order valence-electron chi connectivity index (χ4n) is 2.04. The van der Waals surface area contributed by atoms with Gasteiger partial charge in [0.2, 0.25) is 0 Å². The Balaban J connectivity index is 2.16. The van der Waals surface area contributed by atoms with Crippen molar-refractivity contribution in [1.29, 1.82) is 0 Å². The van der Waals surface area contributed by atoms with E-state index in [1.54, 1.807) is 6.07 Å². The van der Waals surface area contributed by atoms with Gasteiger partial charge in [-0.1, -0.05) is 11.6 Å². The van der Waals surface area contributed by atoms with E-state index in [9.17, 15) is 9.90 Å². The number of hydrogen-bond donors (Lipinski definition) is 2. The fourth-order valence-corrected chi connectivity index (χ4v) is 3.11. The van der Waals surface area contributed by atoms with E-state index in [4.69, 9.17) is 0 Å². The normalized spacial score (nSPS) is 19.9. The number of benzene rings is 1. The van der Waals surface area contributed by atoms with E-state index in [1.165, 1.54) is 12.2 Å². The Hall–Kier alpha value is -1.16. The van der Waals surface area contributed by atoms with Crippen LogP contribution in [0.15, 0.2) is 18.2 Å². The largest absolute Gasteiger partial charge is 0.478 e. The molecule has 0 aromatic heterocycles. The van der Waals surface area contributed by atoms with E-state index in [0.29, 0.717) is 11.6 Å². The van der Waals surface area contributed by atoms with Crippen molar-refractivity contribution in [2.75, 3.05) is 16.8 Å². The van der Waals surface area contributed by atoms with Gasteiger partial charge in [-0.15, -0.1) is 0 Å². The minimum absolute atomic E-state index is 0.376. The molecule has 1 saturated heterocycles. The highest BCUT2D eigenvalue weighted by Gasteiger charge is 2.17. The molecule has 2 rings (SSSR count). The molecule has 1 unspecified atom stereocenters. The van der Waals surface area contributed by atoms with Crippen LogP contribution in [-0.2, 0) is 0 Å². The van der Waals surface area contributed by atoms with Gasteiger partial charge in [0.05, 0.1) is 5.56 Å². The molecule has 4 heteroatoms. The van der Waals surface area contributed by atoms with Crippen molar-refractivity contribution in [3.05, 3.63) is 29.3 Å². The highest BCUT2D eigenvalue weighted by Crippen LogP contribution is 2.24. The molecule has 17 heavy (non-hydrogen) atoms. The Labute approximate surface area is 106 Å². The first-order valence-corrected chi connectivity index (χ1v) is 7.00.